The molecular weight excluding hydrogens is 224 g/mol. The predicted molar refractivity (Wildman–Crippen MR) is 64.0 cm³/mol. The molecule has 0 bridgehead atoms. The SMILES string of the molecule is O=C(O)CSc1ccc(O)c2ccccc12. The number of rotatable bonds is 3. The normalized spacial score (nSPS) is 10.5. The topological polar surface area (TPSA) is 57.5 Å². The molecule has 0 unspecified atom stereocenters. The summed E-state index contributed by atoms with van der Waals surface area (Å²) >= 11 is 1.26. The lowest BCUT2D eigenvalue weighted by Crippen LogP contribution is -1.97. The number of hydrogen-bond acceptors (Lipinski definition) is 3. The van der Waals surface area contributed by atoms with E-state index in [0.717, 1.165) is 15.7 Å². The molecule has 4 heteroatoms. The Bertz CT molecular complexity index is 537. The first-order valence-corrected chi connectivity index (χ1v) is 5.72. The highest BCUT2D eigenvalue weighted by Gasteiger charge is 2.06. The van der Waals surface area contributed by atoms with Crippen LogP contribution in [0.2, 0.25) is 0 Å². The molecule has 2 aromatic carbocycles. The zero-order valence-electron chi connectivity index (χ0n) is 8.38. The van der Waals surface area contributed by atoms with Crippen LogP contribution in [-0.4, -0.2) is 21.9 Å². The molecule has 0 saturated heterocycles. The van der Waals surface area contributed by atoms with Crippen LogP contribution in [0.1, 0.15) is 0 Å². The summed E-state index contributed by atoms with van der Waals surface area (Å²) in [6.07, 6.45) is 0. The highest BCUT2D eigenvalue weighted by molar-refractivity contribution is 8.00. The highest BCUT2D eigenvalue weighted by atomic mass is 32.2. The van der Waals surface area contributed by atoms with Crippen molar-refractivity contribution in [2.45, 2.75) is 4.90 Å². The Morgan fingerprint density at radius 2 is 1.81 bits per heavy atom. The number of aliphatic carboxylic acids is 1. The third-order valence-electron chi connectivity index (χ3n) is 2.21. The van der Waals surface area contributed by atoms with Crippen molar-refractivity contribution in [1.82, 2.24) is 0 Å². The lowest BCUT2D eigenvalue weighted by atomic mass is 10.1. The molecule has 16 heavy (non-hydrogen) atoms. The number of phenols is 1. The van der Waals surface area contributed by atoms with Crippen molar-refractivity contribution in [2.24, 2.45) is 0 Å². The van der Waals surface area contributed by atoms with Crippen molar-refractivity contribution in [2.75, 3.05) is 5.75 Å². The van der Waals surface area contributed by atoms with Crippen molar-refractivity contribution >= 4 is 28.5 Å². The molecule has 0 aromatic heterocycles. The van der Waals surface area contributed by atoms with Gasteiger partial charge >= 0.3 is 5.97 Å². The van der Waals surface area contributed by atoms with Crippen molar-refractivity contribution in [3.05, 3.63) is 36.4 Å². The summed E-state index contributed by atoms with van der Waals surface area (Å²) in [6.45, 7) is 0. The van der Waals surface area contributed by atoms with Crippen LogP contribution in [0.25, 0.3) is 10.8 Å². The third-order valence-corrected chi connectivity index (χ3v) is 3.27. The molecule has 0 heterocycles. The Hall–Kier alpha value is -1.68. The minimum absolute atomic E-state index is 0.0226. The van der Waals surface area contributed by atoms with Gasteiger partial charge in [0.15, 0.2) is 0 Å². The van der Waals surface area contributed by atoms with Gasteiger partial charge in [-0.05, 0) is 17.5 Å². The summed E-state index contributed by atoms with van der Waals surface area (Å²) in [4.78, 5) is 11.4. The maximum absolute atomic E-state index is 10.5. The van der Waals surface area contributed by atoms with Crippen LogP contribution in [-0.2, 0) is 4.79 Å². The first-order valence-electron chi connectivity index (χ1n) is 4.74. The van der Waals surface area contributed by atoms with E-state index in [1.165, 1.54) is 11.8 Å². The number of aromatic hydroxyl groups is 1. The molecule has 82 valence electrons. The van der Waals surface area contributed by atoms with Gasteiger partial charge in [-0.2, -0.15) is 0 Å². The predicted octanol–water partition coefficient (Wildman–Crippen LogP) is 2.72. The van der Waals surface area contributed by atoms with Crippen LogP contribution < -0.4 is 0 Å². The van der Waals surface area contributed by atoms with Crippen molar-refractivity contribution in [1.29, 1.82) is 0 Å². The van der Waals surface area contributed by atoms with Crippen LogP contribution in [0.4, 0.5) is 0 Å². The molecule has 2 aromatic rings. The fraction of sp³-hybridized carbons (Fsp3) is 0.0833. The molecule has 0 radical (unpaired) electrons. The van der Waals surface area contributed by atoms with E-state index in [1.807, 2.05) is 24.3 Å². The van der Waals surface area contributed by atoms with Crippen molar-refractivity contribution in [3.8, 4) is 5.75 Å². The molecule has 2 N–H and O–H groups in total. The molecule has 0 aliphatic carbocycles. The quantitative estimate of drug-likeness (QED) is 0.802. The second-order valence-corrected chi connectivity index (χ2v) is 4.33. The Morgan fingerprint density at radius 3 is 2.50 bits per heavy atom. The molecule has 0 fully saturated rings. The molecule has 3 nitrogen and oxygen atoms in total. The zero-order valence-corrected chi connectivity index (χ0v) is 9.20. The van der Waals surface area contributed by atoms with Gasteiger partial charge < -0.3 is 10.2 Å². The molecule has 2 rings (SSSR count). The van der Waals surface area contributed by atoms with Gasteiger partial charge in [-0.25, -0.2) is 0 Å². The fourth-order valence-corrected chi connectivity index (χ4v) is 2.30. The molecule has 0 spiro atoms. The number of phenolic OH excluding ortho intramolecular Hbond substituents is 1. The maximum Gasteiger partial charge on any atom is 0.313 e. The molecule has 0 atom stereocenters. The number of carbonyl (C=O) groups is 1. The number of hydrogen-bond donors (Lipinski definition) is 2. The van der Waals surface area contributed by atoms with E-state index in [9.17, 15) is 9.90 Å². The number of carboxylic acids is 1. The number of thioether (sulfide) groups is 1. The maximum atomic E-state index is 10.5. The summed E-state index contributed by atoms with van der Waals surface area (Å²) in [5, 5.41) is 19.9. The average Bonchev–Trinajstić information content (AvgIpc) is 2.28. The standard InChI is InChI=1S/C12H10O3S/c13-10-5-6-11(16-7-12(14)15)9-4-2-1-3-8(9)10/h1-6,13H,7H2,(H,14,15). The monoisotopic (exact) mass is 234 g/mol. The summed E-state index contributed by atoms with van der Waals surface area (Å²) < 4.78 is 0. The van der Waals surface area contributed by atoms with Gasteiger partial charge in [-0.1, -0.05) is 24.3 Å². The lowest BCUT2D eigenvalue weighted by Gasteiger charge is -2.06. The number of benzene rings is 2. The molecule has 0 saturated carbocycles. The number of carboxylic acid groups (broad SMARTS) is 1. The largest absolute Gasteiger partial charge is 0.507 e. The van der Waals surface area contributed by atoms with E-state index >= 15 is 0 Å². The lowest BCUT2D eigenvalue weighted by molar-refractivity contribution is -0.133. The minimum atomic E-state index is -0.845. The molecule has 0 aliphatic heterocycles. The summed E-state index contributed by atoms with van der Waals surface area (Å²) in [5.41, 5.74) is 0. The summed E-state index contributed by atoms with van der Waals surface area (Å²) in [6, 6.07) is 10.7. The highest BCUT2D eigenvalue weighted by Crippen LogP contribution is 2.32. The molecular formula is C12H10O3S. The van der Waals surface area contributed by atoms with Gasteiger partial charge in [-0.3, -0.25) is 4.79 Å². The van der Waals surface area contributed by atoms with Crippen LogP contribution >= 0.6 is 11.8 Å². The molecule has 0 aliphatic rings. The van der Waals surface area contributed by atoms with E-state index in [0.29, 0.717) is 0 Å². The van der Waals surface area contributed by atoms with Crippen LogP contribution in [0.3, 0.4) is 0 Å². The van der Waals surface area contributed by atoms with E-state index in [2.05, 4.69) is 0 Å². The van der Waals surface area contributed by atoms with Crippen LogP contribution in [0.5, 0.6) is 5.75 Å². The van der Waals surface area contributed by atoms with E-state index in [-0.39, 0.29) is 11.5 Å². The third kappa shape index (κ3) is 2.12. The Morgan fingerprint density at radius 1 is 1.12 bits per heavy atom. The van der Waals surface area contributed by atoms with E-state index in [1.54, 1.807) is 12.1 Å². The fourth-order valence-electron chi connectivity index (χ4n) is 1.52. The zero-order chi connectivity index (χ0) is 11.5. The van der Waals surface area contributed by atoms with Gasteiger partial charge in [0.2, 0.25) is 0 Å². The summed E-state index contributed by atoms with van der Waals surface area (Å²) in [7, 11) is 0. The van der Waals surface area contributed by atoms with Gasteiger partial charge in [0.1, 0.15) is 5.75 Å². The van der Waals surface area contributed by atoms with Gasteiger partial charge in [-0.15, -0.1) is 11.8 Å². The smallest absolute Gasteiger partial charge is 0.313 e. The Labute approximate surface area is 96.7 Å². The van der Waals surface area contributed by atoms with Crippen LogP contribution in [0.15, 0.2) is 41.3 Å². The van der Waals surface area contributed by atoms with E-state index in [4.69, 9.17) is 5.11 Å². The van der Waals surface area contributed by atoms with Crippen LogP contribution in [0, 0.1) is 0 Å². The second kappa shape index (κ2) is 4.45. The second-order valence-electron chi connectivity index (χ2n) is 3.31. The van der Waals surface area contributed by atoms with Crippen molar-refractivity contribution < 1.29 is 15.0 Å². The first kappa shape index (κ1) is 10.8. The Kier molecular flexibility index (Phi) is 3.01. The average molecular weight is 234 g/mol. The number of fused-ring (bicyclic) bond motifs is 1. The van der Waals surface area contributed by atoms with Gasteiger partial charge in [0.05, 0.1) is 5.75 Å². The van der Waals surface area contributed by atoms with Gasteiger partial charge in [0, 0.05) is 10.3 Å². The molecule has 0 amide bonds. The van der Waals surface area contributed by atoms with Gasteiger partial charge in [0.25, 0.3) is 0 Å². The van der Waals surface area contributed by atoms with Crippen molar-refractivity contribution in [3.63, 3.8) is 0 Å². The minimum Gasteiger partial charge on any atom is -0.507 e. The Balaban J connectivity index is 2.46. The van der Waals surface area contributed by atoms with E-state index < -0.39 is 5.97 Å². The first-order chi connectivity index (χ1) is 7.68. The summed E-state index contributed by atoms with van der Waals surface area (Å²) in [5.74, 6) is -0.605.